The van der Waals surface area contributed by atoms with Crippen LogP contribution in [0.25, 0.3) is 0 Å². The van der Waals surface area contributed by atoms with Gasteiger partial charge < -0.3 is 10.1 Å². The smallest absolute Gasteiger partial charge is 0.137 e. The van der Waals surface area contributed by atoms with Gasteiger partial charge in [-0.1, -0.05) is 6.07 Å². The van der Waals surface area contributed by atoms with Crippen molar-refractivity contribution in [2.45, 2.75) is 6.54 Å². The Labute approximate surface area is 114 Å². The molecule has 0 radical (unpaired) electrons. The Bertz CT molecular complexity index is 528. The molecular formula is C14H13BrFNO. The predicted molar refractivity (Wildman–Crippen MR) is 74.4 cm³/mol. The fraction of sp³-hybridized carbons (Fsp3) is 0.143. The first-order chi connectivity index (χ1) is 8.69. The van der Waals surface area contributed by atoms with Crippen molar-refractivity contribution in [2.75, 3.05) is 12.4 Å². The SMILES string of the molecule is COc1ccc(NCc2ccc(Br)c(F)c2)cc1. The Balaban J connectivity index is 1.99. The summed E-state index contributed by atoms with van der Waals surface area (Å²) in [6, 6.07) is 12.7. The molecule has 0 saturated carbocycles. The molecule has 0 aliphatic rings. The van der Waals surface area contributed by atoms with Gasteiger partial charge in [0.25, 0.3) is 0 Å². The summed E-state index contributed by atoms with van der Waals surface area (Å²) in [5.41, 5.74) is 1.87. The number of nitrogens with one attached hydrogen (secondary N) is 1. The van der Waals surface area contributed by atoms with Gasteiger partial charge in [0.1, 0.15) is 11.6 Å². The van der Waals surface area contributed by atoms with Crippen molar-refractivity contribution in [1.82, 2.24) is 0 Å². The van der Waals surface area contributed by atoms with Crippen molar-refractivity contribution in [3.63, 3.8) is 0 Å². The molecule has 0 saturated heterocycles. The second-order valence-corrected chi connectivity index (χ2v) is 4.68. The molecule has 2 aromatic rings. The van der Waals surface area contributed by atoms with Crippen LogP contribution >= 0.6 is 15.9 Å². The Morgan fingerprint density at radius 2 is 1.89 bits per heavy atom. The number of hydrogen-bond donors (Lipinski definition) is 1. The molecule has 0 atom stereocenters. The van der Waals surface area contributed by atoms with Gasteiger partial charge in [0, 0.05) is 12.2 Å². The van der Waals surface area contributed by atoms with Crippen molar-refractivity contribution in [3.8, 4) is 5.75 Å². The lowest BCUT2D eigenvalue weighted by Crippen LogP contribution is -1.99. The van der Waals surface area contributed by atoms with E-state index in [1.165, 1.54) is 6.07 Å². The highest BCUT2D eigenvalue weighted by Gasteiger charge is 2.00. The van der Waals surface area contributed by atoms with Crippen molar-refractivity contribution < 1.29 is 9.13 Å². The van der Waals surface area contributed by atoms with Crippen LogP contribution in [0.5, 0.6) is 5.75 Å². The molecule has 2 aromatic carbocycles. The maximum absolute atomic E-state index is 13.3. The molecule has 0 fully saturated rings. The van der Waals surface area contributed by atoms with Crippen molar-refractivity contribution in [1.29, 1.82) is 0 Å². The normalized spacial score (nSPS) is 10.2. The zero-order valence-corrected chi connectivity index (χ0v) is 11.5. The Hall–Kier alpha value is -1.55. The Morgan fingerprint density at radius 1 is 1.17 bits per heavy atom. The standard InChI is InChI=1S/C14H13BrFNO/c1-18-12-5-3-11(4-6-12)17-9-10-2-7-13(15)14(16)8-10/h2-8,17H,9H2,1H3. The molecule has 0 bridgehead atoms. The largest absolute Gasteiger partial charge is 0.497 e. The zero-order chi connectivity index (χ0) is 13.0. The zero-order valence-electron chi connectivity index (χ0n) is 9.91. The lowest BCUT2D eigenvalue weighted by atomic mass is 10.2. The molecule has 0 aliphatic heterocycles. The minimum atomic E-state index is -0.246. The van der Waals surface area contributed by atoms with Crippen LogP contribution in [0, 0.1) is 5.82 Å². The van der Waals surface area contributed by atoms with E-state index < -0.39 is 0 Å². The molecular weight excluding hydrogens is 297 g/mol. The number of halogens is 2. The van der Waals surface area contributed by atoms with Gasteiger partial charge in [0.2, 0.25) is 0 Å². The monoisotopic (exact) mass is 309 g/mol. The molecule has 2 nitrogen and oxygen atoms in total. The Morgan fingerprint density at radius 3 is 2.50 bits per heavy atom. The summed E-state index contributed by atoms with van der Waals surface area (Å²) in [6.07, 6.45) is 0. The number of methoxy groups -OCH3 is 1. The van der Waals surface area contributed by atoms with Gasteiger partial charge in [-0.15, -0.1) is 0 Å². The molecule has 4 heteroatoms. The quantitative estimate of drug-likeness (QED) is 0.913. The van der Waals surface area contributed by atoms with Crippen molar-refractivity contribution >= 4 is 21.6 Å². The van der Waals surface area contributed by atoms with Crippen LogP contribution in [-0.4, -0.2) is 7.11 Å². The second kappa shape index (κ2) is 5.87. The van der Waals surface area contributed by atoms with Crippen molar-refractivity contribution in [2.24, 2.45) is 0 Å². The minimum Gasteiger partial charge on any atom is -0.497 e. The van der Waals surface area contributed by atoms with Gasteiger partial charge in [-0.2, -0.15) is 0 Å². The molecule has 0 aromatic heterocycles. The third kappa shape index (κ3) is 3.23. The van der Waals surface area contributed by atoms with Crippen LogP contribution in [0.2, 0.25) is 0 Å². The fourth-order valence-electron chi connectivity index (χ4n) is 1.56. The van der Waals surface area contributed by atoms with E-state index in [4.69, 9.17) is 4.74 Å². The van der Waals surface area contributed by atoms with E-state index in [-0.39, 0.29) is 5.82 Å². The molecule has 1 N–H and O–H groups in total. The van der Waals surface area contributed by atoms with Gasteiger partial charge in [-0.05, 0) is 57.9 Å². The highest BCUT2D eigenvalue weighted by atomic mass is 79.9. The van der Waals surface area contributed by atoms with E-state index in [9.17, 15) is 4.39 Å². The summed E-state index contributed by atoms with van der Waals surface area (Å²) in [5, 5.41) is 3.22. The van der Waals surface area contributed by atoms with Crippen LogP contribution in [0.3, 0.4) is 0 Å². The predicted octanol–water partition coefficient (Wildman–Crippen LogP) is 4.21. The van der Waals surface area contributed by atoms with E-state index in [2.05, 4.69) is 21.2 Å². The fourth-order valence-corrected chi connectivity index (χ4v) is 1.81. The minimum absolute atomic E-state index is 0.246. The summed E-state index contributed by atoms with van der Waals surface area (Å²) < 4.78 is 18.9. The van der Waals surface area contributed by atoms with Gasteiger partial charge in [0.15, 0.2) is 0 Å². The highest BCUT2D eigenvalue weighted by molar-refractivity contribution is 9.10. The second-order valence-electron chi connectivity index (χ2n) is 3.83. The third-order valence-corrected chi connectivity index (χ3v) is 3.21. The Kier molecular flexibility index (Phi) is 4.20. The maximum Gasteiger partial charge on any atom is 0.137 e. The van der Waals surface area contributed by atoms with Crippen LogP contribution < -0.4 is 10.1 Å². The summed E-state index contributed by atoms with van der Waals surface area (Å²) in [4.78, 5) is 0. The summed E-state index contributed by atoms with van der Waals surface area (Å²) >= 11 is 3.13. The third-order valence-electron chi connectivity index (χ3n) is 2.57. The van der Waals surface area contributed by atoms with Crippen LogP contribution in [0.15, 0.2) is 46.9 Å². The summed E-state index contributed by atoms with van der Waals surface area (Å²) in [6.45, 7) is 0.580. The molecule has 18 heavy (non-hydrogen) atoms. The molecule has 2 rings (SSSR count). The number of ether oxygens (including phenoxy) is 1. The first kappa shape index (κ1) is 12.9. The van der Waals surface area contributed by atoms with Gasteiger partial charge in [-0.3, -0.25) is 0 Å². The summed E-state index contributed by atoms with van der Waals surface area (Å²) in [7, 11) is 1.63. The van der Waals surface area contributed by atoms with Crippen LogP contribution in [0.1, 0.15) is 5.56 Å². The average Bonchev–Trinajstić information content (AvgIpc) is 2.41. The molecule has 0 heterocycles. The lowest BCUT2D eigenvalue weighted by molar-refractivity contribution is 0.415. The highest BCUT2D eigenvalue weighted by Crippen LogP contribution is 2.18. The number of benzene rings is 2. The first-order valence-electron chi connectivity index (χ1n) is 5.51. The van der Waals surface area contributed by atoms with E-state index in [0.717, 1.165) is 17.0 Å². The number of anilines is 1. The molecule has 0 aliphatic carbocycles. The number of rotatable bonds is 4. The average molecular weight is 310 g/mol. The van der Waals surface area contributed by atoms with Gasteiger partial charge >= 0.3 is 0 Å². The number of hydrogen-bond acceptors (Lipinski definition) is 2. The molecule has 94 valence electrons. The topological polar surface area (TPSA) is 21.3 Å². The first-order valence-corrected chi connectivity index (χ1v) is 6.30. The molecule has 0 amide bonds. The lowest BCUT2D eigenvalue weighted by Gasteiger charge is -2.08. The summed E-state index contributed by atoms with van der Waals surface area (Å²) in [5.74, 6) is 0.569. The van der Waals surface area contributed by atoms with Gasteiger partial charge in [0.05, 0.1) is 11.6 Å². The van der Waals surface area contributed by atoms with Crippen molar-refractivity contribution in [3.05, 3.63) is 58.3 Å². The van der Waals surface area contributed by atoms with Gasteiger partial charge in [-0.25, -0.2) is 4.39 Å². The van der Waals surface area contributed by atoms with E-state index >= 15 is 0 Å². The van der Waals surface area contributed by atoms with Crippen LogP contribution in [-0.2, 0) is 6.54 Å². The molecule has 0 unspecified atom stereocenters. The molecule has 0 spiro atoms. The van der Waals surface area contributed by atoms with E-state index in [1.807, 2.05) is 30.3 Å². The van der Waals surface area contributed by atoms with Crippen LogP contribution in [0.4, 0.5) is 10.1 Å². The maximum atomic E-state index is 13.3. The van der Waals surface area contributed by atoms with E-state index in [0.29, 0.717) is 11.0 Å². The van der Waals surface area contributed by atoms with E-state index in [1.54, 1.807) is 13.2 Å².